The zero-order chi connectivity index (χ0) is 13.7. The molecule has 0 saturated heterocycles. The van der Waals surface area contributed by atoms with Crippen LogP contribution in [0.25, 0.3) is 0 Å². The Bertz CT molecular complexity index is 503. The van der Waals surface area contributed by atoms with Gasteiger partial charge in [0, 0.05) is 24.7 Å². The topological polar surface area (TPSA) is 90.9 Å². The second kappa shape index (κ2) is 6.10. The van der Waals surface area contributed by atoms with Crippen molar-refractivity contribution < 1.29 is 4.79 Å². The SMILES string of the molecule is N#Cc1cc(N)ccc1NCCCC(=O)NC1CC1. The largest absolute Gasteiger partial charge is 0.399 e. The molecule has 19 heavy (non-hydrogen) atoms. The molecule has 5 heteroatoms. The Morgan fingerprint density at radius 1 is 1.47 bits per heavy atom. The molecular weight excluding hydrogens is 240 g/mol. The number of nitrogens with zero attached hydrogens (tertiary/aromatic N) is 1. The number of nitrogen functional groups attached to an aromatic ring is 1. The molecule has 1 fully saturated rings. The third-order valence-electron chi connectivity index (χ3n) is 3.00. The highest BCUT2D eigenvalue weighted by molar-refractivity contribution is 5.76. The van der Waals surface area contributed by atoms with E-state index < -0.39 is 0 Å². The van der Waals surface area contributed by atoms with Crippen molar-refractivity contribution in [2.75, 3.05) is 17.6 Å². The lowest BCUT2D eigenvalue weighted by molar-refractivity contribution is -0.121. The first-order chi connectivity index (χ1) is 9.19. The summed E-state index contributed by atoms with van der Waals surface area (Å²) in [6, 6.07) is 7.70. The predicted octanol–water partition coefficient (Wildman–Crippen LogP) is 1.61. The predicted molar refractivity (Wildman–Crippen MR) is 74.5 cm³/mol. The first kappa shape index (κ1) is 13.2. The molecule has 0 spiro atoms. The highest BCUT2D eigenvalue weighted by Crippen LogP contribution is 2.19. The number of nitriles is 1. The Labute approximate surface area is 112 Å². The van der Waals surface area contributed by atoms with E-state index in [0.29, 0.717) is 30.3 Å². The highest BCUT2D eigenvalue weighted by Gasteiger charge is 2.22. The Morgan fingerprint density at radius 2 is 2.26 bits per heavy atom. The summed E-state index contributed by atoms with van der Waals surface area (Å²) in [5.74, 6) is 0.113. The second-order valence-corrected chi connectivity index (χ2v) is 4.79. The van der Waals surface area contributed by atoms with Gasteiger partial charge in [0.15, 0.2) is 0 Å². The number of nitrogens with one attached hydrogen (secondary N) is 2. The number of amides is 1. The molecule has 1 aromatic rings. The Kier molecular flexibility index (Phi) is 4.24. The van der Waals surface area contributed by atoms with Gasteiger partial charge in [0.25, 0.3) is 0 Å². The van der Waals surface area contributed by atoms with Crippen molar-refractivity contribution in [3.8, 4) is 6.07 Å². The summed E-state index contributed by atoms with van der Waals surface area (Å²) in [6.45, 7) is 0.663. The summed E-state index contributed by atoms with van der Waals surface area (Å²) in [6.07, 6.45) is 3.48. The normalized spacial score (nSPS) is 13.6. The molecule has 0 heterocycles. The van der Waals surface area contributed by atoms with Crippen molar-refractivity contribution in [3.63, 3.8) is 0 Å². The minimum Gasteiger partial charge on any atom is -0.399 e. The molecule has 100 valence electrons. The van der Waals surface area contributed by atoms with E-state index >= 15 is 0 Å². The molecule has 4 N–H and O–H groups in total. The van der Waals surface area contributed by atoms with Crippen LogP contribution in [0.5, 0.6) is 0 Å². The Morgan fingerprint density at radius 3 is 2.95 bits per heavy atom. The van der Waals surface area contributed by atoms with Crippen molar-refractivity contribution in [3.05, 3.63) is 23.8 Å². The van der Waals surface area contributed by atoms with Crippen molar-refractivity contribution in [1.29, 1.82) is 5.26 Å². The first-order valence-corrected chi connectivity index (χ1v) is 6.52. The lowest BCUT2D eigenvalue weighted by atomic mass is 10.1. The van der Waals surface area contributed by atoms with Gasteiger partial charge in [-0.05, 0) is 37.5 Å². The van der Waals surface area contributed by atoms with Gasteiger partial charge in [0.2, 0.25) is 5.91 Å². The van der Waals surface area contributed by atoms with Gasteiger partial charge in [0.1, 0.15) is 6.07 Å². The second-order valence-electron chi connectivity index (χ2n) is 4.79. The highest BCUT2D eigenvalue weighted by atomic mass is 16.1. The average molecular weight is 258 g/mol. The van der Waals surface area contributed by atoms with Crippen LogP contribution in [-0.4, -0.2) is 18.5 Å². The van der Waals surface area contributed by atoms with E-state index in [1.54, 1.807) is 18.2 Å². The molecular formula is C14H18N4O. The summed E-state index contributed by atoms with van der Waals surface area (Å²) in [5.41, 5.74) is 7.49. The maximum absolute atomic E-state index is 11.5. The summed E-state index contributed by atoms with van der Waals surface area (Å²) in [5, 5.41) is 15.1. The molecule has 5 nitrogen and oxygen atoms in total. The monoisotopic (exact) mass is 258 g/mol. The van der Waals surface area contributed by atoms with Crippen LogP contribution in [0.3, 0.4) is 0 Å². The number of anilines is 2. The zero-order valence-electron chi connectivity index (χ0n) is 10.8. The van der Waals surface area contributed by atoms with Crippen LogP contribution in [-0.2, 0) is 4.79 Å². The van der Waals surface area contributed by atoms with Crippen molar-refractivity contribution in [2.24, 2.45) is 0 Å². The molecule has 2 rings (SSSR count). The maximum atomic E-state index is 11.5. The number of hydrogen-bond donors (Lipinski definition) is 3. The molecule has 1 aliphatic carbocycles. The van der Waals surface area contributed by atoms with E-state index in [2.05, 4.69) is 16.7 Å². The summed E-state index contributed by atoms with van der Waals surface area (Å²) in [7, 11) is 0. The van der Waals surface area contributed by atoms with Gasteiger partial charge < -0.3 is 16.4 Å². The van der Waals surface area contributed by atoms with Crippen molar-refractivity contribution in [1.82, 2.24) is 5.32 Å². The van der Waals surface area contributed by atoms with E-state index in [4.69, 9.17) is 11.0 Å². The van der Waals surface area contributed by atoms with E-state index in [9.17, 15) is 4.79 Å². The van der Waals surface area contributed by atoms with Crippen LogP contribution >= 0.6 is 0 Å². The van der Waals surface area contributed by atoms with Gasteiger partial charge >= 0.3 is 0 Å². The van der Waals surface area contributed by atoms with Crippen LogP contribution in [0, 0.1) is 11.3 Å². The summed E-state index contributed by atoms with van der Waals surface area (Å²) >= 11 is 0. The fourth-order valence-corrected chi connectivity index (χ4v) is 1.81. The van der Waals surface area contributed by atoms with Crippen molar-refractivity contribution >= 4 is 17.3 Å². The number of rotatable bonds is 6. The number of hydrogen-bond acceptors (Lipinski definition) is 4. The van der Waals surface area contributed by atoms with Gasteiger partial charge in [-0.25, -0.2) is 0 Å². The fraction of sp³-hybridized carbons (Fsp3) is 0.429. The quantitative estimate of drug-likeness (QED) is 0.534. The summed E-state index contributed by atoms with van der Waals surface area (Å²) in [4.78, 5) is 11.5. The molecule has 0 bridgehead atoms. The van der Waals surface area contributed by atoms with E-state index in [-0.39, 0.29) is 5.91 Å². The third-order valence-corrected chi connectivity index (χ3v) is 3.00. The maximum Gasteiger partial charge on any atom is 0.220 e. The van der Waals surface area contributed by atoms with Crippen LogP contribution in [0.4, 0.5) is 11.4 Å². The van der Waals surface area contributed by atoms with Gasteiger partial charge in [-0.1, -0.05) is 0 Å². The minimum atomic E-state index is 0.113. The van der Waals surface area contributed by atoms with Crippen LogP contribution in [0.1, 0.15) is 31.2 Å². The Balaban J connectivity index is 1.73. The zero-order valence-corrected chi connectivity index (χ0v) is 10.8. The molecule has 1 saturated carbocycles. The smallest absolute Gasteiger partial charge is 0.220 e. The van der Waals surface area contributed by atoms with Gasteiger partial charge in [-0.15, -0.1) is 0 Å². The minimum absolute atomic E-state index is 0.113. The average Bonchev–Trinajstić information content (AvgIpc) is 3.19. The number of nitrogens with two attached hydrogens (primary N) is 1. The lowest BCUT2D eigenvalue weighted by Gasteiger charge is -2.08. The molecule has 0 aliphatic heterocycles. The Hall–Kier alpha value is -2.22. The molecule has 0 radical (unpaired) electrons. The molecule has 0 atom stereocenters. The molecule has 1 aliphatic rings. The summed E-state index contributed by atoms with van der Waals surface area (Å²) < 4.78 is 0. The van der Waals surface area contributed by atoms with Crippen LogP contribution in [0.15, 0.2) is 18.2 Å². The first-order valence-electron chi connectivity index (χ1n) is 6.52. The number of carbonyl (C=O) groups excluding carboxylic acids is 1. The van der Waals surface area contributed by atoms with E-state index in [1.165, 1.54) is 0 Å². The van der Waals surface area contributed by atoms with Gasteiger partial charge in [0.05, 0.1) is 11.3 Å². The van der Waals surface area contributed by atoms with Crippen LogP contribution < -0.4 is 16.4 Å². The number of carbonyl (C=O) groups is 1. The third kappa shape index (κ3) is 4.18. The van der Waals surface area contributed by atoms with E-state index in [0.717, 1.165) is 24.9 Å². The van der Waals surface area contributed by atoms with Gasteiger partial charge in [-0.3, -0.25) is 4.79 Å². The van der Waals surface area contributed by atoms with Crippen molar-refractivity contribution in [2.45, 2.75) is 31.7 Å². The molecule has 1 aromatic carbocycles. The van der Waals surface area contributed by atoms with Crippen LogP contribution in [0.2, 0.25) is 0 Å². The van der Waals surface area contributed by atoms with Gasteiger partial charge in [-0.2, -0.15) is 5.26 Å². The lowest BCUT2D eigenvalue weighted by Crippen LogP contribution is -2.25. The molecule has 1 amide bonds. The van der Waals surface area contributed by atoms with E-state index in [1.807, 2.05) is 0 Å². The standard InChI is InChI=1S/C14H18N4O/c15-9-10-8-11(16)3-6-13(10)17-7-1-2-14(19)18-12-4-5-12/h3,6,8,12,17H,1-2,4-5,7,16H2,(H,18,19). The molecule has 0 unspecified atom stereocenters. The molecule has 0 aromatic heterocycles. The number of benzene rings is 1. The fourth-order valence-electron chi connectivity index (χ4n) is 1.81.